The number of rotatable bonds is 22. The predicted molar refractivity (Wildman–Crippen MR) is 144 cm³/mol. The van der Waals surface area contributed by atoms with Gasteiger partial charge in [-0.2, -0.15) is 0 Å². The van der Waals surface area contributed by atoms with E-state index in [2.05, 4.69) is 61.3 Å². The van der Waals surface area contributed by atoms with Crippen LogP contribution in [0.1, 0.15) is 123 Å². The average Bonchev–Trinajstić information content (AvgIpc) is 2.81. The monoisotopic (exact) mass is 458 g/mol. The Hall–Kier alpha value is -1.35. The van der Waals surface area contributed by atoms with Gasteiger partial charge >= 0.3 is 0 Å². The summed E-state index contributed by atoms with van der Waals surface area (Å²) < 4.78 is 0. The van der Waals surface area contributed by atoms with Crippen molar-refractivity contribution in [3.8, 4) is 0 Å². The second-order valence-electron chi connectivity index (χ2n) is 10.2. The molecule has 3 nitrogen and oxygen atoms in total. The molecule has 0 aliphatic rings. The standard InChI is InChI=1S/C30H54N2O/c1-4-32(27-29-22-17-15-18-23-29)26-20-25-31-30(33)24-19-14-12-10-8-6-5-7-9-11-13-16-21-28(2)3/h15,17-18,22-23,28H,4-14,16,19-21,24-27H2,1-3H3,(H,31,33). The van der Waals surface area contributed by atoms with Gasteiger partial charge in [-0.1, -0.05) is 128 Å². The highest BCUT2D eigenvalue weighted by atomic mass is 16.1. The van der Waals surface area contributed by atoms with Gasteiger partial charge in [-0.05, 0) is 30.9 Å². The molecule has 0 heterocycles. The Balaban J connectivity index is 1.84. The summed E-state index contributed by atoms with van der Waals surface area (Å²) in [5.41, 5.74) is 1.36. The lowest BCUT2D eigenvalue weighted by Gasteiger charge is -2.20. The number of benzene rings is 1. The Kier molecular flexibility index (Phi) is 19.1. The molecule has 0 radical (unpaired) electrons. The molecule has 0 bridgehead atoms. The maximum atomic E-state index is 12.1. The maximum absolute atomic E-state index is 12.1. The number of amides is 1. The zero-order valence-corrected chi connectivity index (χ0v) is 22.3. The van der Waals surface area contributed by atoms with Gasteiger partial charge in [-0.3, -0.25) is 9.69 Å². The summed E-state index contributed by atoms with van der Waals surface area (Å²) in [6.07, 6.45) is 19.3. The van der Waals surface area contributed by atoms with E-state index < -0.39 is 0 Å². The minimum atomic E-state index is 0.231. The number of carbonyl (C=O) groups excluding carboxylic acids is 1. The molecule has 0 fully saturated rings. The Morgan fingerprint density at radius 1 is 0.788 bits per heavy atom. The van der Waals surface area contributed by atoms with Crippen LogP contribution in [0.3, 0.4) is 0 Å². The topological polar surface area (TPSA) is 32.3 Å². The second kappa shape index (κ2) is 21.2. The lowest BCUT2D eigenvalue weighted by molar-refractivity contribution is -0.121. The second-order valence-corrected chi connectivity index (χ2v) is 10.2. The van der Waals surface area contributed by atoms with Gasteiger partial charge in [0.15, 0.2) is 0 Å². The van der Waals surface area contributed by atoms with Gasteiger partial charge in [0.1, 0.15) is 0 Å². The molecule has 0 aliphatic carbocycles. The van der Waals surface area contributed by atoms with E-state index in [0.717, 1.165) is 44.9 Å². The van der Waals surface area contributed by atoms with Crippen LogP contribution < -0.4 is 5.32 Å². The van der Waals surface area contributed by atoms with Gasteiger partial charge in [-0.15, -0.1) is 0 Å². The van der Waals surface area contributed by atoms with Crippen molar-refractivity contribution in [1.29, 1.82) is 0 Å². The molecule has 0 saturated heterocycles. The molecule has 0 atom stereocenters. The quantitative estimate of drug-likeness (QED) is 0.178. The Morgan fingerprint density at radius 2 is 1.33 bits per heavy atom. The molecule has 0 unspecified atom stereocenters. The Labute approximate surface area is 206 Å². The van der Waals surface area contributed by atoms with Crippen molar-refractivity contribution in [2.75, 3.05) is 19.6 Å². The van der Waals surface area contributed by atoms with E-state index in [1.807, 2.05) is 0 Å². The van der Waals surface area contributed by atoms with Gasteiger partial charge < -0.3 is 5.32 Å². The zero-order chi connectivity index (χ0) is 24.0. The number of unbranched alkanes of at least 4 members (excludes halogenated alkanes) is 11. The number of hydrogen-bond donors (Lipinski definition) is 1. The molecule has 0 aliphatic heterocycles. The van der Waals surface area contributed by atoms with Crippen molar-refractivity contribution in [2.45, 2.75) is 124 Å². The first-order valence-corrected chi connectivity index (χ1v) is 14.1. The van der Waals surface area contributed by atoms with Crippen LogP contribution in [0.15, 0.2) is 30.3 Å². The summed E-state index contributed by atoms with van der Waals surface area (Å²) in [6.45, 7) is 10.7. The van der Waals surface area contributed by atoms with E-state index in [9.17, 15) is 4.79 Å². The third-order valence-electron chi connectivity index (χ3n) is 6.60. The smallest absolute Gasteiger partial charge is 0.219 e. The first kappa shape index (κ1) is 29.7. The van der Waals surface area contributed by atoms with Crippen LogP contribution in [-0.2, 0) is 11.3 Å². The summed E-state index contributed by atoms with van der Waals surface area (Å²) >= 11 is 0. The lowest BCUT2D eigenvalue weighted by Crippen LogP contribution is -2.29. The molecule has 0 saturated carbocycles. The zero-order valence-electron chi connectivity index (χ0n) is 22.3. The van der Waals surface area contributed by atoms with Crippen molar-refractivity contribution in [3.05, 3.63) is 35.9 Å². The molecule has 0 aromatic heterocycles. The fourth-order valence-corrected chi connectivity index (χ4v) is 4.42. The summed E-state index contributed by atoms with van der Waals surface area (Å²) in [7, 11) is 0. The summed E-state index contributed by atoms with van der Waals surface area (Å²) in [5.74, 6) is 1.10. The number of hydrogen-bond acceptors (Lipinski definition) is 2. The Bertz CT molecular complexity index is 558. The van der Waals surface area contributed by atoms with E-state index in [1.165, 1.54) is 82.6 Å². The largest absolute Gasteiger partial charge is 0.356 e. The van der Waals surface area contributed by atoms with Gasteiger partial charge in [0, 0.05) is 26.1 Å². The summed E-state index contributed by atoms with van der Waals surface area (Å²) in [6, 6.07) is 10.6. The molecular formula is C30H54N2O. The fourth-order valence-electron chi connectivity index (χ4n) is 4.42. The molecule has 0 spiro atoms. The molecule has 1 amide bonds. The number of nitrogens with zero attached hydrogens (tertiary/aromatic N) is 1. The summed E-state index contributed by atoms with van der Waals surface area (Å²) in [4.78, 5) is 14.5. The van der Waals surface area contributed by atoms with Crippen molar-refractivity contribution < 1.29 is 4.79 Å². The Morgan fingerprint density at radius 3 is 1.88 bits per heavy atom. The van der Waals surface area contributed by atoms with Crippen molar-refractivity contribution in [3.63, 3.8) is 0 Å². The first-order valence-electron chi connectivity index (χ1n) is 14.1. The van der Waals surface area contributed by atoms with Crippen LogP contribution in [0.25, 0.3) is 0 Å². The highest BCUT2D eigenvalue weighted by molar-refractivity contribution is 5.75. The van der Waals surface area contributed by atoms with Crippen molar-refractivity contribution in [1.82, 2.24) is 10.2 Å². The minimum Gasteiger partial charge on any atom is -0.356 e. The van der Waals surface area contributed by atoms with E-state index in [4.69, 9.17) is 0 Å². The molecule has 1 aromatic carbocycles. The predicted octanol–water partition coefficient (Wildman–Crippen LogP) is 8.13. The maximum Gasteiger partial charge on any atom is 0.219 e. The van der Waals surface area contributed by atoms with Crippen LogP contribution in [0.2, 0.25) is 0 Å². The molecule has 190 valence electrons. The van der Waals surface area contributed by atoms with E-state index in [-0.39, 0.29) is 5.91 Å². The van der Waals surface area contributed by atoms with Crippen LogP contribution in [0.4, 0.5) is 0 Å². The summed E-state index contributed by atoms with van der Waals surface area (Å²) in [5, 5.41) is 3.11. The molecule has 1 aromatic rings. The highest BCUT2D eigenvalue weighted by Gasteiger charge is 2.05. The number of carbonyl (C=O) groups is 1. The van der Waals surface area contributed by atoms with E-state index in [1.54, 1.807) is 0 Å². The van der Waals surface area contributed by atoms with Crippen molar-refractivity contribution >= 4 is 5.91 Å². The van der Waals surface area contributed by atoms with Gasteiger partial charge in [0.2, 0.25) is 5.91 Å². The normalized spacial score (nSPS) is 11.4. The fraction of sp³-hybridized carbons (Fsp3) is 0.767. The molecule has 1 rings (SSSR count). The lowest BCUT2D eigenvalue weighted by atomic mass is 10.0. The number of nitrogens with one attached hydrogen (secondary N) is 1. The first-order chi connectivity index (χ1) is 16.1. The highest BCUT2D eigenvalue weighted by Crippen LogP contribution is 2.14. The molecular weight excluding hydrogens is 404 g/mol. The van der Waals surface area contributed by atoms with E-state index >= 15 is 0 Å². The van der Waals surface area contributed by atoms with Gasteiger partial charge in [0.05, 0.1) is 0 Å². The van der Waals surface area contributed by atoms with Crippen LogP contribution >= 0.6 is 0 Å². The molecule has 33 heavy (non-hydrogen) atoms. The van der Waals surface area contributed by atoms with Crippen LogP contribution in [0.5, 0.6) is 0 Å². The van der Waals surface area contributed by atoms with Gasteiger partial charge in [0.25, 0.3) is 0 Å². The average molecular weight is 459 g/mol. The molecule has 1 N–H and O–H groups in total. The third kappa shape index (κ3) is 18.7. The van der Waals surface area contributed by atoms with Crippen LogP contribution in [0, 0.1) is 5.92 Å². The van der Waals surface area contributed by atoms with E-state index in [0.29, 0.717) is 6.42 Å². The van der Waals surface area contributed by atoms with Gasteiger partial charge in [-0.25, -0.2) is 0 Å². The van der Waals surface area contributed by atoms with Crippen molar-refractivity contribution in [2.24, 2.45) is 5.92 Å². The molecule has 3 heteroatoms. The third-order valence-corrected chi connectivity index (χ3v) is 6.60. The SMILES string of the molecule is CCN(CCCNC(=O)CCCCCCCCCCCCCCC(C)C)Cc1ccccc1. The van der Waals surface area contributed by atoms with Crippen LogP contribution in [-0.4, -0.2) is 30.4 Å². The minimum absolute atomic E-state index is 0.231.